The lowest BCUT2D eigenvalue weighted by Gasteiger charge is -2.48. The Balaban J connectivity index is 1.40. The van der Waals surface area contributed by atoms with E-state index in [4.69, 9.17) is 12.2 Å². The van der Waals surface area contributed by atoms with Gasteiger partial charge in [0.05, 0.1) is 0 Å². The first-order valence-corrected chi connectivity index (χ1v) is 13.2. The normalized spacial score (nSPS) is 23.5. The van der Waals surface area contributed by atoms with Crippen LogP contribution in [0.4, 0.5) is 0 Å². The molecule has 2 amide bonds. The summed E-state index contributed by atoms with van der Waals surface area (Å²) in [5.74, 6) is -0.00519. The molecule has 0 radical (unpaired) electrons. The van der Waals surface area contributed by atoms with E-state index in [-0.39, 0.29) is 28.4 Å². The lowest BCUT2D eigenvalue weighted by molar-refractivity contribution is -0.157. The third kappa shape index (κ3) is 3.81. The lowest BCUT2D eigenvalue weighted by Crippen LogP contribution is -2.67. The standard InChI is InChI=1S/C29H30N4O3S/c1-30-26(35)29(27(36)31(2)28(30)37,14-21-9-5-8-20-7-3-4-10-23(20)21)18-32-15-19-13-22(17-32)24-11-6-12-25(34)33(24)16-19/h3-12,19,22H,13-18H2,1-2H3/t19-,22-/m0/s1. The third-order valence-corrected chi connectivity index (χ3v) is 8.97. The molecule has 2 atom stereocenters. The molecule has 0 spiro atoms. The number of nitrogens with zero attached hydrogens (tertiary/aromatic N) is 4. The van der Waals surface area contributed by atoms with Crippen molar-refractivity contribution in [1.29, 1.82) is 0 Å². The van der Waals surface area contributed by atoms with Crippen LogP contribution in [0.3, 0.4) is 0 Å². The average molecular weight is 515 g/mol. The molecular weight excluding hydrogens is 484 g/mol. The van der Waals surface area contributed by atoms with Crippen molar-refractivity contribution in [2.45, 2.75) is 25.3 Å². The second-order valence-electron chi connectivity index (χ2n) is 10.8. The van der Waals surface area contributed by atoms with Crippen molar-refractivity contribution in [1.82, 2.24) is 19.3 Å². The summed E-state index contributed by atoms with van der Waals surface area (Å²) in [5, 5.41) is 2.36. The number of piperidine rings is 1. The van der Waals surface area contributed by atoms with Gasteiger partial charge in [0.25, 0.3) is 5.56 Å². The summed E-state index contributed by atoms with van der Waals surface area (Å²) in [6, 6.07) is 19.6. The highest BCUT2D eigenvalue weighted by atomic mass is 32.1. The van der Waals surface area contributed by atoms with Crippen molar-refractivity contribution in [3.63, 3.8) is 0 Å². The Morgan fingerprint density at radius 3 is 2.35 bits per heavy atom. The van der Waals surface area contributed by atoms with Crippen LogP contribution in [0.2, 0.25) is 0 Å². The average Bonchev–Trinajstić information content (AvgIpc) is 2.90. The smallest absolute Gasteiger partial charge is 0.250 e. The first-order valence-electron chi connectivity index (χ1n) is 12.8. The molecule has 3 aliphatic heterocycles. The Morgan fingerprint density at radius 1 is 0.865 bits per heavy atom. The number of carbonyl (C=O) groups is 2. The van der Waals surface area contributed by atoms with Gasteiger partial charge in [-0.2, -0.15) is 0 Å². The van der Waals surface area contributed by atoms with Gasteiger partial charge in [-0.15, -0.1) is 0 Å². The SMILES string of the molecule is CN1C(=O)C(Cc2cccc3ccccc23)(CN2C[C@@H]3C[C@@H](C2)c2cccc(=O)n2C3)C(=O)N(C)C1=S. The zero-order valence-electron chi connectivity index (χ0n) is 21.1. The van der Waals surface area contributed by atoms with Gasteiger partial charge < -0.3 is 9.47 Å². The van der Waals surface area contributed by atoms with E-state index in [2.05, 4.69) is 17.0 Å². The predicted molar refractivity (Wildman–Crippen MR) is 146 cm³/mol. The maximum atomic E-state index is 14.0. The zero-order chi connectivity index (χ0) is 25.9. The van der Waals surface area contributed by atoms with Crippen molar-refractivity contribution >= 4 is 39.9 Å². The molecule has 0 aliphatic carbocycles. The first-order chi connectivity index (χ1) is 17.8. The Hall–Kier alpha value is -3.36. The van der Waals surface area contributed by atoms with E-state index < -0.39 is 5.41 Å². The number of fused-ring (bicyclic) bond motifs is 5. The highest BCUT2D eigenvalue weighted by Gasteiger charge is 2.55. The number of rotatable bonds is 4. The van der Waals surface area contributed by atoms with Gasteiger partial charge in [0, 0.05) is 58.0 Å². The van der Waals surface area contributed by atoms with Crippen molar-refractivity contribution < 1.29 is 9.59 Å². The lowest BCUT2D eigenvalue weighted by atomic mass is 9.74. The molecule has 7 nitrogen and oxygen atoms in total. The van der Waals surface area contributed by atoms with Crippen LogP contribution >= 0.6 is 12.2 Å². The van der Waals surface area contributed by atoms with E-state index in [0.717, 1.165) is 35.0 Å². The topological polar surface area (TPSA) is 65.9 Å². The van der Waals surface area contributed by atoms with Gasteiger partial charge in [0.15, 0.2) is 5.11 Å². The molecule has 0 saturated carbocycles. The Morgan fingerprint density at radius 2 is 1.57 bits per heavy atom. The number of pyridine rings is 1. The predicted octanol–water partition coefficient (Wildman–Crippen LogP) is 2.87. The molecule has 1 aromatic heterocycles. The van der Waals surface area contributed by atoms with Crippen LogP contribution in [0, 0.1) is 11.3 Å². The summed E-state index contributed by atoms with van der Waals surface area (Å²) in [6.45, 7) is 2.43. The second-order valence-corrected chi connectivity index (χ2v) is 11.2. The van der Waals surface area contributed by atoms with Crippen LogP contribution in [0.1, 0.15) is 23.6 Å². The highest BCUT2D eigenvalue weighted by molar-refractivity contribution is 7.80. The molecule has 3 aliphatic rings. The molecule has 2 aromatic carbocycles. The van der Waals surface area contributed by atoms with Crippen molar-refractivity contribution in [2.75, 3.05) is 33.7 Å². The summed E-state index contributed by atoms with van der Waals surface area (Å²) >= 11 is 5.44. The largest absolute Gasteiger partial charge is 0.312 e. The molecule has 37 heavy (non-hydrogen) atoms. The van der Waals surface area contributed by atoms with E-state index in [9.17, 15) is 14.4 Å². The fourth-order valence-corrected chi connectivity index (χ4v) is 6.92. The number of thiocarbonyl (C=S) groups is 1. The molecule has 2 fully saturated rings. The Labute approximate surface area is 221 Å². The molecule has 3 aromatic rings. The summed E-state index contributed by atoms with van der Waals surface area (Å²) < 4.78 is 1.90. The minimum Gasteiger partial charge on any atom is -0.312 e. The maximum absolute atomic E-state index is 14.0. The van der Waals surface area contributed by atoms with Crippen LogP contribution in [-0.4, -0.2) is 69.9 Å². The third-order valence-electron chi connectivity index (χ3n) is 8.42. The molecule has 2 bridgehead atoms. The van der Waals surface area contributed by atoms with Crippen LogP contribution < -0.4 is 5.56 Å². The zero-order valence-corrected chi connectivity index (χ0v) is 21.9. The van der Waals surface area contributed by atoms with Crippen molar-refractivity contribution in [3.05, 3.63) is 82.3 Å². The maximum Gasteiger partial charge on any atom is 0.250 e. The van der Waals surface area contributed by atoms with E-state index in [1.807, 2.05) is 47.0 Å². The van der Waals surface area contributed by atoms with Gasteiger partial charge in [-0.1, -0.05) is 48.5 Å². The van der Waals surface area contributed by atoms with E-state index >= 15 is 0 Å². The number of likely N-dealkylation sites (tertiary alicyclic amines) is 1. The molecule has 8 heteroatoms. The number of amides is 2. The molecule has 2 saturated heterocycles. The van der Waals surface area contributed by atoms with Crippen molar-refractivity contribution in [2.24, 2.45) is 11.3 Å². The fourth-order valence-electron chi connectivity index (χ4n) is 6.75. The second kappa shape index (κ2) is 8.89. The number of carbonyl (C=O) groups excluding carboxylic acids is 2. The first kappa shape index (κ1) is 24.0. The van der Waals surface area contributed by atoms with Gasteiger partial charge >= 0.3 is 0 Å². The van der Waals surface area contributed by atoms with Crippen LogP contribution in [-0.2, 0) is 22.6 Å². The summed E-state index contributed by atoms with van der Waals surface area (Å²) in [5.41, 5.74) is 0.775. The number of aromatic nitrogens is 1. The fraction of sp³-hybridized carbons (Fsp3) is 0.379. The van der Waals surface area contributed by atoms with Crippen LogP contribution in [0.5, 0.6) is 0 Å². The van der Waals surface area contributed by atoms with E-state index in [1.54, 1.807) is 20.2 Å². The number of hydrogen-bond donors (Lipinski definition) is 0. The number of benzene rings is 2. The molecule has 6 rings (SSSR count). The quantitative estimate of drug-likeness (QED) is 0.396. The molecule has 4 heterocycles. The Kier molecular flexibility index (Phi) is 5.76. The van der Waals surface area contributed by atoms with Gasteiger partial charge in [0.2, 0.25) is 11.8 Å². The Bertz CT molecular complexity index is 1470. The van der Waals surface area contributed by atoms with Gasteiger partial charge in [-0.3, -0.25) is 24.2 Å². The van der Waals surface area contributed by atoms with Gasteiger partial charge in [0.1, 0.15) is 5.41 Å². The minimum atomic E-state index is -1.29. The van der Waals surface area contributed by atoms with Gasteiger partial charge in [-0.25, -0.2) is 0 Å². The van der Waals surface area contributed by atoms with Crippen LogP contribution in [0.25, 0.3) is 10.8 Å². The van der Waals surface area contributed by atoms with Gasteiger partial charge in [-0.05, 0) is 53.4 Å². The van der Waals surface area contributed by atoms with Crippen LogP contribution in [0.15, 0.2) is 65.5 Å². The number of hydrogen-bond acceptors (Lipinski definition) is 5. The van der Waals surface area contributed by atoms with E-state index in [1.165, 1.54) is 9.80 Å². The summed E-state index contributed by atoms with van der Waals surface area (Å²) in [4.78, 5) is 45.7. The van der Waals surface area contributed by atoms with Crippen molar-refractivity contribution in [3.8, 4) is 0 Å². The minimum absolute atomic E-state index is 0.0440. The van der Waals surface area contributed by atoms with E-state index in [0.29, 0.717) is 32.0 Å². The molecule has 190 valence electrons. The highest BCUT2D eigenvalue weighted by Crippen LogP contribution is 2.40. The molecule has 0 unspecified atom stereocenters. The summed E-state index contributed by atoms with van der Waals surface area (Å²) in [7, 11) is 3.33. The molecular formula is C29H30N4O3S. The monoisotopic (exact) mass is 514 g/mol. The summed E-state index contributed by atoms with van der Waals surface area (Å²) in [6.07, 6.45) is 1.31. The molecule has 0 N–H and O–H groups in total.